The van der Waals surface area contributed by atoms with Crippen LogP contribution in [0.15, 0.2) is 18.7 Å². The van der Waals surface area contributed by atoms with Crippen molar-refractivity contribution in [3.05, 3.63) is 24.3 Å². The zero-order valence-electron chi connectivity index (χ0n) is 6.03. The average Bonchev–Trinajstić information content (AvgIpc) is 2.87. The maximum atomic E-state index is 11.3. The Labute approximate surface area is 64.5 Å². The van der Waals surface area contributed by atoms with Crippen LogP contribution in [0, 0.1) is 5.92 Å². The highest BCUT2D eigenvalue weighted by molar-refractivity contribution is 5.98. The van der Waals surface area contributed by atoms with Crippen LogP contribution in [-0.2, 0) is 0 Å². The summed E-state index contributed by atoms with van der Waals surface area (Å²) in [5.74, 6) is 0.464. The van der Waals surface area contributed by atoms with E-state index in [-0.39, 0.29) is 11.7 Å². The Bertz CT molecular complexity index is 267. The van der Waals surface area contributed by atoms with Gasteiger partial charge >= 0.3 is 0 Å². The molecule has 1 aliphatic rings. The number of nitrogens with zero attached hydrogens (tertiary/aromatic N) is 2. The zero-order valence-corrected chi connectivity index (χ0v) is 6.03. The lowest BCUT2D eigenvalue weighted by atomic mass is 10.1. The molecule has 56 valence electrons. The number of hydrogen-bond acceptors (Lipinski definition) is 3. The molecule has 0 saturated heterocycles. The van der Waals surface area contributed by atoms with Crippen LogP contribution in [0.5, 0.6) is 0 Å². The van der Waals surface area contributed by atoms with Crippen molar-refractivity contribution in [1.29, 1.82) is 0 Å². The molecule has 1 aliphatic carbocycles. The van der Waals surface area contributed by atoms with Gasteiger partial charge < -0.3 is 0 Å². The molecule has 1 aromatic rings. The molecular formula is C8H8N2O. The molecule has 0 bridgehead atoms. The molecule has 1 fully saturated rings. The molecule has 0 spiro atoms. The van der Waals surface area contributed by atoms with Gasteiger partial charge in [0.25, 0.3) is 0 Å². The SMILES string of the molecule is O=C(c1cncnc1)C1CC1. The van der Waals surface area contributed by atoms with Gasteiger partial charge in [-0.3, -0.25) is 4.79 Å². The van der Waals surface area contributed by atoms with Crippen LogP contribution < -0.4 is 0 Å². The third-order valence-electron chi connectivity index (χ3n) is 1.79. The first-order valence-corrected chi connectivity index (χ1v) is 3.67. The van der Waals surface area contributed by atoms with Crippen LogP contribution in [0.1, 0.15) is 23.2 Å². The number of rotatable bonds is 2. The summed E-state index contributed by atoms with van der Waals surface area (Å²) in [5.41, 5.74) is 0.648. The molecule has 1 aromatic heterocycles. The van der Waals surface area contributed by atoms with Gasteiger partial charge in [-0.05, 0) is 12.8 Å². The molecule has 0 amide bonds. The minimum Gasteiger partial charge on any atom is -0.294 e. The predicted octanol–water partition coefficient (Wildman–Crippen LogP) is 1.07. The van der Waals surface area contributed by atoms with Crippen molar-refractivity contribution >= 4 is 5.78 Å². The third-order valence-corrected chi connectivity index (χ3v) is 1.79. The summed E-state index contributed by atoms with van der Waals surface area (Å²) >= 11 is 0. The van der Waals surface area contributed by atoms with Gasteiger partial charge in [0, 0.05) is 18.3 Å². The topological polar surface area (TPSA) is 42.9 Å². The van der Waals surface area contributed by atoms with Crippen molar-refractivity contribution < 1.29 is 4.79 Å². The standard InChI is InChI=1S/C8H8N2O/c11-8(6-1-2-6)7-3-9-5-10-4-7/h3-6H,1-2H2. The van der Waals surface area contributed by atoms with Crippen LogP contribution in [0.2, 0.25) is 0 Å². The lowest BCUT2D eigenvalue weighted by Gasteiger charge is -1.93. The van der Waals surface area contributed by atoms with Crippen molar-refractivity contribution in [2.75, 3.05) is 0 Å². The molecule has 3 nitrogen and oxygen atoms in total. The van der Waals surface area contributed by atoms with Gasteiger partial charge in [0.15, 0.2) is 5.78 Å². The number of carbonyl (C=O) groups is 1. The monoisotopic (exact) mass is 148 g/mol. The number of Topliss-reactive ketones (excluding diaryl/α,β-unsaturated/α-hetero) is 1. The maximum Gasteiger partial charge on any atom is 0.169 e. The summed E-state index contributed by atoms with van der Waals surface area (Å²) in [7, 11) is 0. The summed E-state index contributed by atoms with van der Waals surface area (Å²) in [6, 6.07) is 0. The number of hydrogen-bond donors (Lipinski definition) is 0. The Balaban J connectivity index is 2.22. The third kappa shape index (κ3) is 1.27. The molecule has 0 aliphatic heterocycles. The second kappa shape index (κ2) is 2.42. The van der Waals surface area contributed by atoms with Gasteiger partial charge in [0.2, 0.25) is 0 Å². The lowest BCUT2D eigenvalue weighted by molar-refractivity contribution is 0.0967. The van der Waals surface area contributed by atoms with E-state index in [0.717, 1.165) is 12.8 Å². The van der Waals surface area contributed by atoms with Crippen molar-refractivity contribution in [3.8, 4) is 0 Å². The van der Waals surface area contributed by atoms with Crippen LogP contribution in [0.4, 0.5) is 0 Å². The predicted molar refractivity (Wildman–Crippen MR) is 39.1 cm³/mol. The summed E-state index contributed by atoms with van der Waals surface area (Å²) in [6.07, 6.45) is 6.66. The second-order valence-electron chi connectivity index (χ2n) is 2.77. The minimum absolute atomic E-state index is 0.200. The first-order valence-electron chi connectivity index (χ1n) is 3.67. The molecule has 0 unspecified atom stereocenters. The highest BCUT2D eigenvalue weighted by Crippen LogP contribution is 2.31. The Morgan fingerprint density at radius 1 is 1.36 bits per heavy atom. The number of aromatic nitrogens is 2. The molecule has 1 heterocycles. The molecule has 0 radical (unpaired) electrons. The van der Waals surface area contributed by atoms with Gasteiger partial charge in [-0.15, -0.1) is 0 Å². The van der Waals surface area contributed by atoms with E-state index in [4.69, 9.17) is 0 Å². The minimum atomic E-state index is 0.200. The van der Waals surface area contributed by atoms with E-state index < -0.39 is 0 Å². The zero-order chi connectivity index (χ0) is 7.68. The molecule has 11 heavy (non-hydrogen) atoms. The second-order valence-corrected chi connectivity index (χ2v) is 2.77. The van der Waals surface area contributed by atoms with E-state index in [1.54, 1.807) is 12.4 Å². The Morgan fingerprint density at radius 2 is 2.00 bits per heavy atom. The van der Waals surface area contributed by atoms with E-state index >= 15 is 0 Å². The molecule has 0 N–H and O–H groups in total. The molecular weight excluding hydrogens is 140 g/mol. The van der Waals surface area contributed by atoms with Crippen LogP contribution in [-0.4, -0.2) is 15.8 Å². The van der Waals surface area contributed by atoms with Gasteiger partial charge in [-0.1, -0.05) is 0 Å². The fourth-order valence-corrected chi connectivity index (χ4v) is 1.01. The summed E-state index contributed by atoms with van der Waals surface area (Å²) in [6.45, 7) is 0. The summed E-state index contributed by atoms with van der Waals surface area (Å²) in [5, 5.41) is 0. The van der Waals surface area contributed by atoms with Gasteiger partial charge in [0.1, 0.15) is 6.33 Å². The Kier molecular flexibility index (Phi) is 1.42. The number of ketones is 1. The first-order chi connectivity index (χ1) is 5.38. The van der Waals surface area contributed by atoms with Crippen LogP contribution >= 0.6 is 0 Å². The van der Waals surface area contributed by atoms with Gasteiger partial charge in [-0.25, -0.2) is 9.97 Å². The van der Waals surface area contributed by atoms with E-state index in [2.05, 4.69) is 9.97 Å². The quantitative estimate of drug-likeness (QED) is 0.589. The molecule has 0 atom stereocenters. The van der Waals surface area contributed by atoms with Gasteiger partial charge in [-0.2, -0.15) is 0 Å². The van der Waals surface area contributed by atoms with Gasteiger partial charge in [0.05, 0.1) is 5.56 Å². The van der Waals surface area contributed by atoms with E-state index in [1.165, 1.54) is 6.33 Å². The van der Waals surface area contributed by atoms with Crippen LogP contribution in [0.3, 0.4) is 0 Å². The van der Waals surface area contributed by atoms with E-state index in [9.17, 15) is 4.79 Å². The van der Waals surface area contributed by atoms with E-state index in [0.29, 0.717) is 5.56 Å². The summed E-state index contributed by atoms with van der Waals surface area (Å²) in [4.78, 5) is 18.9. The van der Waals surface area contributed by atoms with Crippen molar-refractivity contribution in [2.45, 2.75) is 12.8 Å². The Hall–Kier alpha value is -1.25. The molecule has 0 aromatic carbocycles. The highest BCUT2D eigenvalue weighted by atomic mass is 16.1. The van der Waals surface area contributed by atoms with Crippen LogP contribution in [0.25, 0.3) is 0 Å². The Morgan fingerprint density at radius 3 is 2.55 bits per heavy atom. The number of carbonyl (C=O) groups excluding carboxylic acids is 1. The molecule has 1 saturated carbocycles. The van der Waals surface area contributed by atoms with E-state index in [1.807, 2.05) is 0 Å². The first kappa shape index (κ1) is 6.46. The van der Waals surface area contributed by atoms with Crippen molar-refractivity contribution in [3.63, 3.8) is 0 Å². The largest absolute Gasteiger partial charge is 0.294 e. The normalized spacial score (nSPS) is 16.4. The maximum absolute atomic E-state index is 11.3. The lowest BCUT2D eigenvalue weighted by Crippen LogP contribution is -2.01. The fraction of sp³-hybridized carbons (Fsp3) is 0.375. The molecule has 2 rings (SSSR count). The summed E-state index contributed by atoms with van der Waals surface area (Å²) < 4.78 is 0. The molecule has 3 heteroatoms. The van der Waals surface area contributed by atoms with Crippen molar-refractivity contribution in [2.24, 2.45) is 5.92 Å². The smallest absolute Gasteiger partial charge is 0.169 e. The fourth-order valence-electron chi connectivity index (χ4n) is 1.01. The highest BCUT2D eigenvalue weighted by Gasteiger charge is 2.30. The average molecular weight is 148 g/mol. The van der Waals surface area contributed by atoms with Crippen molar-refractivity contribution in [1.82, 2.24) is 9.97 Å².